The summed E-state index contributed by atoms with van der Waals surface area (Å²) in [6.45, 7) is 0. The number of aromatic nitrogens is 4. The zero-order chi connectivity index (χ0) is 17.2. The largest absolute Gasteiger partial charge is 0.573 e. The first-order chi connectivity index (χ1) is 11.5. The van der Waals surface area contributed by atoms with Gasteiger partial charge in [0, 0.05) is 5.56 Å². The standard InChI is InChI=1S/C15H11F3N4O2/c1-23-12-8-4-11(5-9-12)22-14(19-20-21-22)10-2-6-13(7-3-10)24-15(16,17)18/h2-9H,1H3. The van der Waals surface area contributed by atoms with E-state index in [4.69, 9.17) is 4.74 Å². The van der Waals surface area contributed by atoms with Gasteiger partial charge >= 0.3 is 6.36 Å². The van der Waals surface area contributed by atoms with Gasteiger partial charge in [0.1, 0.15) is 11.5 Å². The fraction of sp³-hybridized carbons (Fsp3) is 0.133. The van der Waals surface area contributed by atoms with Crippen LogP contribution < -0.4 is 9.47 Å². The molecule has 0 aliphatic rings. The molecule has 0 amide bonds. The second kappa shape index (κ2) is 6.19. The molecule has 0 aliphatic carbocycles. The maximum Gasteiger partial charge on any atom is 0.573 e. The molecule has 0 fully saturated rings. The molecular formula is C15H11F3N4O2. The number of tetrazole rings is 1. The molecule has 0 unspecified atom stereocenters. The molecule has 24 heavy (non-hydrogen) atoms. The Morgan fingerprint density at radius 1 is 0.917 bits per heavy atom. The van der Waals surface area contributed by atoms with Gasteiger partial charge in [-0.25, -0.2) is 0 Å². The van der Waals surface area contributed by atoms with Gasteiger partial charge in [-0.05, 0) is 59.0 Å². The molecule has 2 aromatic carbocycles. The third-order valence-electron chi connectivity index (χ3n) is 3.13. The van der Waals surface area contributed by atoms with Crippen LogP contribution >= 0.6 is 0 Å². The van der Waals surface area contributed by atoms with E-state index >= 15 is 0 Å². The number of alkyl halides is 3. The number of hydrogen-bond acceptors (Lipinski definition) is 5. The fourth-order valence-corrected chi connectivity index (χ4v) is 2.07. The Morgan fingerprint density at radius 2 is 1.54 bits per heavy atom. The van der Waals surface area contributed by atoms with Crippen LogP contribution in [-0.2, 0) is 0 Å². The van der Waals surface area contributed by atoms with Gasteiger partial charge in [0.2, 0.25) is 0 Å². The van der Waals surface area contributed by atoms with Crippen molar-refractivity contribution in [1.82, 2.24) is 20.2 Å². The summed E-state index contributed by atoms with van der Waals surface area (Å²) in [6, 6.07) is 12.3. The average Bonchev–Trinajstić information content (AvgIpc) is 3.04. The molecule has 0 radical (unpaired) electrons. The Hall–Kier alpha value is -3.10. The summed E-state index contributed by atoms with van der Waals surface area (Å²) >= 11 is 0. The van der Waals surface area contributed by atoms with Gasteiger partial charge in [-0.15, -0.1) is 18.3 Å². The maximum atomic E-state index is 12.2. The summed E-state index contributed by atoms with van der Waals surface area (Å²) in [5.74, 6) is 0.760. The first-order valence-corrected chi connectivity index (χ1v) is 6.75. The summed E-state index contributed by atoms with van der Waals surface area (Å²) in [5.41, 5.74) is 1.23. The van der Waals surface area contributed by atoms with Gasteiger partial charge < -0.3 is 9.47 Å². The normalized spacial score (nSPS) is 11.3. The molecule has 0 spiro atoms. The minimum absolute atomic E-state index is 0.310. The molecule has 0 bridgehead atoms. The second-order valence-electron chi connectivity index (χ2n) is 4.68. The quantitative estimate of drug-likeness (QED) is 0.732. The van der Waals surface area contributed by atoms with Crippen LogP contribution in [0.1, 0.15) is 0 Å². The van der Waals surface area contributed by atoms with E-state index < -0.39 is 6.36 Å². The van der Waals surface area contributed by atoms with Crippen molar-refractivity contribution in [2.24, 2.45) is 0 Å². The lowest BCUT2D eigenvalue weighted by Gasteiger charge is -2.09. The van der Waals surface area contributed by atoms with Crippen LogP contribution in [0.25, 0.3) is 17.1 Å². The Kier molecular flexibility index (Phi) is 4.07. The predicted molar refractivity (Wildman–Crippen MR) is 77.8 cm³/mol. The molecule has 3 rings (SSSR count). The number of nitrogens with zero attached hydrogens (tertiary/aromatic N) is 4. The monoisotopic (exact) mass is 336 g/mol. The van der Waals surface area contributed by atoms with Crippen LogP contribution in [-0.4, -0.2) is 33.7 Å². The summed E-state index contributed by atoms with van der Waals surface area (Å²) in [6.07, 6.45) is -4.73. The average molecular weight is 336 g/mol. The summed E-state index contributed by atoms with van der Waals surface area (Å²) < 4.78 is 47.0. The summed E-state index contributed by atoms with van der Waals surface area (Å²) in [5, 5.41) is 11.4. The molecule has 0 aliphatic heterocycles. The van der Waals surface area contributed by atoms with Crippen molar-refractivity contribution in [2.45, 2.75) is 6.36 Å². The molecule has 0 saturated heterocycles. The predicted octanol–water partition coefficient (Wildman–Crippen LogP) is 3.24. The number of rotatable bonds is 4. The van der Waals surface area contributed by atoms with Gasteiger partial charge in [-0.3, -0.25) is 0 Å². The second-order valence-corrected chi connectivity index (χ2v) is 4.68. The molecule has 0 atom stereocenters. The van der Waals surface area contributed by atoms with Gasteiger partial charge in [0.05, 0.1) is 12.8 Å². The van der Waals surface area contributed by atoms with Crippen molar-refractivity contribution < 1.29 is 22.6 Å². The third-order valence-corrected chi connectivity index (χ3v) is 3.13. The number of benzene rings is 2. The van der Waals surface area contributed by atoms with E-state index in [2.05, 4.69) is 20.3 Å². The van der Waals surface area contributed by atoms with Crippen molar-refractivity contribution in [2.75, 3.05) is 7.11 Å². The van der Waals surface area contributed by atoms with E-state index in [1.807, 2.05) is 0 Å². The first-order valence-electron chi connectivity index (χ1n) is 6.75. The Morgan fingerprint density at radius 3 is 2.12 bits per heavy atom. The van der Waals surface area contributed by atoms with Crippen LogP contribution in [0.15, 0.2) is 48.5 Å². The van der Waals surface area contributed by atoms with E-state index in [1.165, 1.54) is 28.9 Å². The van der Waals surface area contributed by atoms with E-state index in [0.717, 1.165) is 0 Å². The van der Waals surface area contributed by atoms with Crippen LogP contribution in [0.5, 0.6) is 11.5 Å². The first kappa shape index (κ1) is 15.8. The van der Waals surface area contributed by atoms with E-state index in [-0.39, 0.29) is 5.75 Å². The summed E-state index contributed by atoms with van der Waals surface area (Å²) in [4.78, 5) is 0. The molecule has 1 aromatic heterocycles. The van der Waals surface area contributed by atoms with Crippen LogP contribution in [0, 0.1) is 0 Å². The lowest BCUT2D eigenvalue weighted by molar-refractivity contribution is -0.274. The molecule has 6 nitrogen and oxygen atoms in total. The van der Waals surface area contributed by atoms with Crippen molar-refractivity contribution in [1.29, 1.82) is 0 Å². The number of hydrogen-bond donors (Lipinski definition) is 0. The zero-order valence-corrected chi connectivity index (χ0v) is 12.4. The fourth-order valence-electron chi connectivity index (χ4n) is 2.07. The lowest BCUT2D eigenvalue weighted by atomic mass is 10.2. The van der Waals surface area contributed by atoms with Gasteiger partial charge in [-0.1, -0.05) is 0 Å². The molecule has 0 saturated carbocycles. The highest BCUT2D eigenvalue weighted by atomic mass is 19.4. The molecule has 3 aromatic rings. The number of methoxy groups -OCH3 is 1. The highest BCUT2D eigenvalue weighted by Gasteiger charge is 2.31. The van der Waals surface area contributed by atoms with E-state index in [9.17, 15) is 13.2 Å². The number of halogens is 3. The summed E-state index contributed by atoms with van der Waals surface area (Å²) in [7, 11) is 1.56. The van der Waals surface area contributed by atoms with Crippen LogP contribution in [0.2, 0.25) is 0 Å². The van der Waals surface area contributed by atoms with Gasteiger partial charge in [0.15, 0.2) is 5.82 Å². The Balaban J connectivity index is 1.89. The van der Waals surface area contributed by atoms with Crippen LogP contribution in [0.3, 0.4) is 0 Å². The SMILES string of the molecule is COc1ccc(-n2nnnc2-c2ccc(OC(F)(F)F)cc2)cc1. The third kappa shape index (κ3) is 3.45. The number of ether oxygens (including phenoxy) is 2. The minimum atomic E-state index is -4.73. The van der Waals surface area contributed by atoms with Crippen molar-refractivity contribution in [3.8, 4) is 28.6 Å². The molecule has 9 heteroatoms. The maximum absolute atomic E-state index is 12.2. The highest BCUT2D eigenvalue weighted by molar-refractivity contribution is 5.58. The van der Waals surface area contributed by atoms with Crippen molar-refractivity contribution in [3.05, 3.63) is 48.5 Å². The Bertz CT molecular complexity index is 814. The van der Waals surface area contributed by atoms with Gasteiger partial charge in [0.25, 0.3) is 0 Å². The smallest absolute Gasteiger partial charge is 0.497 e. The molecule has 124 valence electrons. The van der Waals surface area contributed by atoms with E-state index in [1.54, 1.807) is 31.4 Å². The zero-order valence-electron chi connectivity index (χ0n) is 12.4. The molecule has 0 N–H and O–H groups in total. The van der Waals surface area contributed by atoms with Gasteiger partial charge in [-0.2, -0.15) is 4.68 Å². The molecular weight excluding hydrogens is 325 g/mol. The highest BCUT2D eigenvalue weighted by Crippen LogP contribution is 2.26. The van der Waals surface area contributed by atoms with Crippen molar-refractivity contribution in [3.63, 3.8) is 0 Å². The molecule has 1 heterocycles. The van der Waals surface area contributed by atoms with E-state index in [0.29, 0.717) is 22.8 Å². The Labute approximate surface area is 134 Å². The lowest BCUT2D eigenvalue weighted by Crippen LogP contribution is -2.16. The van der Waals surface area contributed by atoms with Crippen LogP contribution in [0.4, 0.5) is 13.2 Å². The van der Waals surface area contributed by atoms with Crippen molar-refractivity contribution >= 4 is 0 Å². The topological polar surface area (TPSA) is 62.1 Å². The minimum Gasteiger partial charge on any atom is -0.497 e.